The summed E-state index contributed by atoms with van der Waals surface area (Å²) in [4.78, 5) is 10.7. The third-order valence-electron chi connectivity index (χ3n) is 11.2. The summed E-state index contributed by atoms with van der Waals surface area (Å²) in [6, 6.07) is 71.9. The van der Waals surface area contributed by atoms with Crippen LogP contribution in [0.2, 0.25) is 0 Å². The van der Waals surface area contributed by atoms with Crippen molar-refractivity contribution in [3.63, 3.8) is 0 Å². The minimum Gasteiger partial charge on any atom is -0.308 e. The lowest BCUT2D eigenvalue weighted by atomic mass is 10.0. The Bertz CT molecular complexity index is 3330. The van der Waals surface area contributed by atoms with Crippen molar-refractivity contribution in [2.24, 2.45) is 0 Å². The van der Waals surface area contributed by atoms with Crippen molar-refractivity contribution in [2.75, 3.05) is 0 Å². The first-order chi connectivity index (χ1) is 28.7. The van der Waals surface area contributed by atoms with E-state index in [2.05, 4.69) is 161 Å². The van der Waals surface area contributed by atoms with Gasteiger partial charge in [-0.3, -0.25) is 0 Å². The molecule has 270 valence electrons. The molecule has 0 N–H and O–H groups in total. The van der Waals surface area contributed by atoms with Crippen molar-refractivity contribution in [2.45, 2.75) is 0 Å². The molecule has 0 bridgehead atoms. The fraction of sp³-hybridized carbons (Fsp3) is 0. The molecule has 3 heterocycles. The van der Waals surface area contributed by atoms with Crippen molar-refractivity contribution in [1.82, 2.24) is 19.1 Å². The van der Waals surface area contributed by atoms with Gasteiger partial charge in [-0.25, -0.2) is 9.97 Å². The molecule has 0 saturated heterocycles. The van der Waals surface area contributed by atoms with E-state index in [4.69, 9.17) is 9.97 Å². The van der Waals surface area contributed by atoms with Gasteiger partial charge < -0.3 is 9.13 Å². The Labute approximate surface area is 335 Å². The quantitative estimate of drug-likeness (QED) is 0.171. The Morgan fingerprint density at radius 1 is 0.362 bits per heavy atom. The number of hydrogen-bond donors (Lipinski definition) is 0. The Morgan fingerprint density at radius 2 is 0.793 bits per heavy atom. The maximum Gasteiger partial charge on any atom is 0.160 e. The van der Waals surface area contributed by atoms with Crippen LogP contribution in [-0.4, -0.2) is 19.1 Å². The fourth-order valence-electron chi connectivity index (χ4n) is 8.55. The van der Waals surface area contributed by atoms with E-state index in [1.807, 2.05) is 54.6 Å². The average Bonchev–Trinajstić information content (AvgIpc) is 3.81. The number of para-hydroxylation sites is 3. The van der Waals surface area contributed by atoms with Gasteiger partial charge in [-0.05, 0) is 59.7 Å². The van der Waals surface area contributed by atoms with Crippen molar-refractivity contribution in [3.8, 4) is 62.5 Å². The largest absolute Gasteiger partial charge is 0.308 e. The van der Waals surface area contributed by atoms with E-state index in [1.54, 1.807) is 0 Å². The summed E-state index contributed by atoms with van der Waals surface area (Å²) in [7, 11) is 0. The standard InChI is InChI=1S/C53H33N5/c54-34-40-22-10-13-25-45(40)57-46-26-14-11-23-41(46)43-32-38(28-30-48(43)57)39-29-31-49-44(33-39)42-24-12-15-27-47(42)58(49)52-50(35-16-4-1-5-17-35)55-53(37-20-8-3-9-21-37)56-51(52)36-18-6-2-7-19-36/h1-33H. The predicted molar refractivity (Wildman–Crippen MR) is 237 cm³/mol. The molecule has 0 aliphatic carbocycles. The van der Waals surface area contributed by atoms with Gasteiger partial charge in [0.1, 0.15) is 6.07 Å². The maximum atomic E-state index is 10.0. The highest BCUT2D eigenvalue weighted by molar-refractivity contribution is 6.13. The predicted octanol–water partition coefficient (Wildman–Crippen LogP) is 13.2. The monoisotopic (exact) mass is 739 g/mol. The second kappa shape index (κ2) is 13.6. The molecule has 11 aromatic rings. The molecule has 5 heteroatoms. The van der Waals surface area contributed by atoms with Gasteiger partial charge >= 0.3 is 0 Å². The van der Waals surface area contributed by atoms with Crippen molar-refractivity contribution in [1.29, 1.82) is 5.26 Å². The minimum atomic E-state index is 0.641. The van der Waals surface area contributed by atoms with E-state index in [0.29, 0.717) is 11.4 Å². The molecule has 58 heavy (non-hydrogen) atoms. The Kier molecular flexibility index (Phi) is 7.80. The molecule has 8 aromatic carbocycles. The molecule has 0 unspecified atom stereocenters. The first kappa shape index (κ1) is 33.3. The second-order valence-electron chi connectivity index (χ2n) is 14.5. The summed E-state index contributed by atoms with van der Waals surface area (Å²) in [6.07, 6.45) is 0. The zero-order valence-electron chi connectivity index (χ0n) is 31.3. The molecule has 0 atom stereocenters. The van der Waals surface area contributed by atoms with Crippen molar-refractivity contribution in [3.05, 3.63) is 206 Å². The molecule has 0 aliphatic heterocycles. The normalized spacial score (nSPS) is 11.4. The maximum absolute atomic E-state index is 10.0. The average molecular weight is 740 g/mol. The van der Waals surface area contributed by atoms with E-state index in [-0.39, 0.29) is 0 Å². The summed E-state index contributed by atoms with van der Waals surface area (Å²) >= 11 is 0. The van der Waals surface area contributed by atoms with Gasteiger partial charge in [-0.1, -0.05) is 152 Å². The van der Waals surface area contributed by atoms with Gasteiger partial charge in [0.25, 0.3) is 0 Å². The molecule has 11 rings (SSSR count). The zero-order chi connectivity index (χ0) is 38.6. The van der Waals surface area contributed by atoms with Crippen LogP contribution in [0, 0.1) is 11.3 Å². The molecular formula is C53H33N5. The zero-order valence-corrected chi connectivity index (χ0v) is 31.3. The summed E-state index contributed by atoms with van der Waals surface area (Å²) in [6.45, 7) is 0. The Morgan fingerprint density at radius 3 is 1.34 bits per heavy atom. The molecule has 0 radical (unpaired) electrons. The molecule has 3 aromatic heterocycles. The highest BCUT2D eigenvalue weighted by Crippen LogP contribution is 2.43. The molecular weight excluding hydrogens is 707 g/mol. The molecule has 0 amide bonds. The van der Waals surface area contributed by atoms with Crippen LogP contribution in [-0.2, 0) is 0 Å². The highest BCUT2D eigenvalue weighted by atomic mass is 15.1. The lowest BCUT2D eigenvalue weighted by Crippen LogP contribution is -2.06. The second-order valence-corrected chi connectivity index (χ2v) is 14.5. The summed E-state index contributed by atoms with van der Waals surface area (Å²) in [5, 5.41) is 14.6. The van der Waals surface area contributed by atoms with Crippen molar-refractivity contribution >= 4 is 43.6 Å². The third-order valence-corrected chi connectivity index (χ3v) is 11.2. The van der Waals surface area contributed by atoms with Crippen LogP contribution in [0.3, 0.4) is 0 Å². The van der Waals surface area contributed by atoms with Crippen LogP contribution < -0.4 is 0 Å². The Balaban J connectivity index is 1.16. The van der Waals surface area contributed by atoms with E-state index < -0.39 is 0 Å². The lowest BCUT2D eigenvalue weighted by molar-refractivity contribution is 1.09. The van der Waals surface area contributed by atoms with Crippen LogP contribution in [0.25, 0.3) is 100 Å². The first-order valence-corrected chi connectivity index (χ1v) is 19.4. The fourth-order valence-corrected chi connectivity index (χ4v) is 8.55. The van der Waals surface area contributed by atoms with E-state index in [1.165, 1.54) is 0 Å². The molecule has 0 aliphatic rings. The highest BCUT2D eigenvalue weighted by Gasteiger charge is 2.24. The van der Waals surface area contributed by atoms with Gasteiger partial charge in [0, 0.05) is 38.2 Å². The van der Waals surface area contributed by atoms with Gasteiger partial charge in [-0.2, -0.15) is 5.26 Å². The summed E-state index contributed by atoms with van der Waals surface area (Å²) in [5.74, 6) is 0.679. The van der Waals surface area contributed by atoms with Crippen LogP contribution >= 0.6 is 0 Å². The van der Waals surface area contributed by atoms with Crippen LogP contribution in [0.1, 0.15) is 5.56 Å². The van der Waals surface area contributed by atoms with Gasteiger partial charge in [-0.15, -0.1) is 0 Å². The van der Waals surface area contributed by atoms with Crippen LogP contribution in [0.4, 0.5) is 0 Å². The third kappa shape index (κ3) is 5.31. The van der Waals surface area contributed by atoms with E-state index >= 15 is 0 Å². The number of fused-ring (bicyclic) bond motifs is 6. The van der Waals surface area contributed by atoms with Gasteiger partial charge in [0.2, 0.25) is 0 Å². The molecule has 0 saturated carbocycles. The topological polar surface area (TPSA) is 59.4 Å². The number of hydrogen-bond acceptors (Lipinski definition) is 3. The van der Waals surface area contributed by atoms with E-state index in [9.17, 15) is 5.26 Å². The number of nitriles is 1. The lowest BCUT2D eigenvalue weighted by Gasteiger charge is -2.19. The summed E-state index contributed by atoms with van der Waals surface area (Å²) in [5.41, 5.74) is 13.7. The molecule has 5 nitrogen and oxygen atoms in total. The van der Waals surface area contributed by atoms with Crippen LogP contribution in [0.5, 0.6) is 0 Å². The summed E-state index contributed by atoms with van der Waals surface area (Å²) < 4.78 is 4.57. The van der Waals surface area contributed by atoms with Gasteiger partial charge in [0.15, 0.2) is 5.82 Å². The smallest absolute Gasteiger partial charge is 0.160 e. The number of nitrogens with zero attached hydrogens (tertiary/aromatic N) is 5. The van der Waals surface area contributed by atoms with Gasteiger partial charge in [0.05, 0.1) is 50.4 Å². The van der Waals surface area contributed by atoms with Crippen LogP contribution in [0.15, 0.2) is 200 Å². The Hall–Kier alpha value is -8.07. The number of rotatable bonds is 6. The SMILES string of the molecule is N#Cc1ccccc1-n1c2ccccc2c2cc(-c3ccc4c(c3)c3ccccc3n4-c3c(-c4ccccc4)nc(-c4ccccc4)nc3-c3ccccc3)ccc21. The number of aromatic nitrogens is 4. The molecule has 0 fully saturated rings. The number of benzene rings is 8. The first-order valence-electron chi connectivity index (χ1n) is 19.4. The van der Waals surface area contributed by atoms with E-state index in [0.717, 1.165) is 94.2 Å². The minimum absolute atomic E-state index is 0.641. The van der Waals surface area contributed by atoms with Crippen molar-refractivity contribution < 1.29 is 0 Å². The molecule has 0 spiro atoms.